The van der Waals surface area contributed by atoms with E-state index in [0.717, 1.165) is 72.9 Å². The van der Waals surface area contributed by atoms with Gasteiger partial charge in [0.1, 0.15) is 0 Å². The van der Waals surface area contributed by atoms with E-state index < -0.39 is 0 Å². The number of rotatable bonds is 8. The Kier molecular flexibility index (Phi) is 7.15. The predicted octanol–water partition coefficient (Wildman–Crippen LogP) is 7.31. The average Bonchev–Trinajstić information content (AvgIpc) is 3.13. The Labute approximate surface area is 201 Å². The van der Waals surface area contributed by atoms with Crippen molar-refractivity contribution < 1.29 is 14.6 Å². The Hall–Kier alpha value is -3.02. The highest BCUT2D eigenvalue weighted by Crippen LogP contribution is 2.53. The van der Waals surface area contributed by atoms with Crippen LogP contribution in [0, 0.1) is 16.0 Å². The molecule has 2 aromatic carbocycles. The average molecular weight is 463 g/mol. The zero-order valence-electron chi connectivity index (χ0n) is 20.4. The maximum absolute atomic E-state index is 12.1. The molecule has 0 N–H and O–H groups in total. The first-order valence-corrected chi connectivity index (χ1v) is 12.7. The summed E-state index contributed by atoms with van der Waals surface area (Å²) in [6.07, 6.45) is 8.39. The number of benzene rings is 2. The van der Waals surface area contributed by atoms with Crippen molar-refractivity contribution in [3.8, 4) is 11.1 Å². The lowest BCUT2D eigenvalue weighted by Gasteiger charge is -2.30. The number of oxime groups is 1. The van der Waals surface area contributed by atoms with Gasteiger partial charge < -0.3 is 4.84 Å². The van der Waals surface area contributed by atoms with E-state index in [1.807, 2.05) is 13.0 Å². The van der Waals surface area contributed by atoms with Crippen molar-refractivity contribution in [2.45, 2.75) is 84.0 Å². The summed E-state index contributed by atoms with van der Waals surface area (Å²) in [6, 6.07) is 11.6. The van der Waals surface area contributed by atoms with Gasteiger partial charge in [0, 0.05) is 29.9 Å². The number of non-ortho nitro benzene ring substituents is 1. The molecule has 4 rings (SSSR count). The van der Waals surface area contributed by atoms with Crippen LogP contribution in [-0.2, 0) is 15.0 Å². The molecule has 2 aromatic rings. The maximum Gasteiger partial charge on any atom is 0.335 e. The molecule has 0 saturated heterocycles. The fourth-order valence-corrected chi connectivity index (χ4v) is 5.86. The lowest BCUT2D eigenvalue weighted by Crippen LogP contribution is -2.25. The molecule has 1 saturated carbocycles. The Balaban J connectivity index is 1.81. The van der Waals surface area contributed by atoms with E-state index in [1.165, 1.54) is 12.0 Å². The number of hydrogen-bond acceptors (Lipinski definition) is 5. The minimum Gasteiger partial charge on any atom is -0.318 e. The minimum atomic E-state index is -0.316. The molecule has 0 bridgehead atoms. The van der Waals surface area contributed by atoms with Gasteiger partial charge in [-0.2, -0.15) is 0 Å². The maximum atomic E-state index is 12.1. The largest absolute Gasteiger partial charge is 0.335 e. The van der Waals surface area contributed by atoms with Crippen LogP contribution < -0.4 is 0 Å². The van der Waals surface area contributed by atoms with Crippen molar-refractivity contribution in [1.29, 1.82) is 0 Å². The van der Waals surface area contributed by atoms with Gasteiger partial charge in [0.05, 0.1) is 10.6 Å². The molecule has 0 atom stereocenters. The topological polar surface area (TPSA) is 81.8 Å². The van der Waals surface area contributed by atoms with E-state index >= 15 is 0 Å². The molecule has 0 aliphatic heterocycles. The molecular formula is C28H34N2O4. The molecule has 0 unspecified atom stereocenters. The summed E-state index contributed by atoms with van der Waals surface area (Å²) < 4.78 is 0. The van der Waals surface area contributed by atoms with E-state index in [1.54, 1.807) is 12.1 Å². The number of carbonyl (C=O) groups is 1. The summed E-state index contributed by atoms with van der Waals surface area (Å²) in [5.41, 5.74) is 6.11. The molecule has 34 heavy (non-hydrogen) atoms. The third-order valence-corrected chi connectivity index (χ3v) is 7.75. The Morgan fingerprint density at radius 3 is 2.29 bits per heavy atom. The summed E-state index contributed by atoms with van der Waals surface area (Å²) in [5, 5.41) is 15.9. The van der Waals surface area contributed by atoms with Gasteiger partial charge in [0.25, 0.3) is 5.69 Å². The first-order valence-electron chi connectivity index (χ1n) is 12.7. The van der Waals surface area contributed by atoms with Crippen LogP contribution in [0.2, 0.25) is 0 Å². The van der Waals surface area contributed by atoms with Gasteiger partial charge in [-0.15, -0.1) is 0 Å². The molecule has 0 spiro atoms. The van der Waals surface area contributed by atoms with Gasteiger partial charge in [-0.25, -0.2) is 4.79 Å². The zero-order valence-corrected chi connectivity index (χ0v) is 20.4. The lowest BCUT2D eigenvalue weighted by molar-refractivity contribution is -0.384. The Morgan fingerprint density at radius 2 is 1.68 bits per heavy atom. The highest BCUT2D eigenvalue weighted by molar-refractivity contribution is 6.03. The van der Waals surface area contributed by atoms with E-state index in [2.05, 4.69) is 37.2 Å². The zero-order chi connectivity index (χ0) is 24.3. The molecule has 0 amide bonds. The number of nitro groups is 1. The third-order valence-electron chi connectivity index (χ3n) is 7.75. The predicted molar refractivity (Wildman–Crippen MR) is 134 cm³/mol. The molecule has 6 heteroatoms. The summed E-state index contributed by atoms with van der Waals surface area (Å²) in [4.78, 5) is 28.6. The molecular weight excluding hydrogens is 428 g/mol. The van der Waals surface area contributed by atoms with E-state index in [9.17, 15) is 14.9 Å². The molecule has 6 nitrogen and oxygen atoms in total. The van der Waals surface area contributed by atoms with Crippen LogP contribution in [0.5, 0.6) is 0 Å². The van der Waals surface area contributed by atoms with Crippen LogP contribution >= 0.6 is 0 Å². The molecule has 1 fully saturated rings. The van der Waals surface area contributed by atoms with Gasteiger partial charge >= 0.3 is 5.97 Å². The second-order valence-electron chi connectivity index (χ2n) is 9.56. The number of hydrogen-bond donors (Lipinski definition) is 0. The SMILES string of the molecule is CCCC(=O)O/N=C(\c1ccc2c(c1)C(CC)(CC)c1cc([N+](=O)[O-])ccc1-2)C1CCCCC1. The minimum absolute atomic E-state index is 0.130. The van der Waals surface area contributed by atoms with Crippen molar-refractivity contribution in [2.75, 3.05) is 0 Å². The van der Waals surface area contributed by atoms with Crippen molar-refractivity contribution in [3.63, 3.8) is 0 Å². The Bertz CT molecular complexity index is 1110. The molecule has 0 aromatic heterocycles. The van der Waals surface area contributed by atoms with E-state index in [4.69, 9.17) is 4.84 Å². The van der Waals surface area contributed by atoms with Crippen molar-refractivity contribution in [3.05, 3.63) is 63.2 Å². The normalized spacial score (nSPS) is 17.2. The standard InChI is InChI=1S/C28H34N2O4/c1-4-10-26(31)34-29-27(19-11-8-7-9-12-19)20-13-15-22-23-16-14-21(30(32)33)18-25(23)28(5-2,6-3)24(22)17-20/h13-19H,4-12H2,1-3H3/b29-27-. The van der Waals surface area contributed by atoms with Crippen LogP contribution in [0.25, 0.3) is 11.1 Å². The second-order valence-corrected chi connectivity index (χ2v) is 9.56. The summed E-state index contributed by atoms with van der Waals surface area (Å²) in [7, 11) is 0. The van der Waals surface area contributed by atoms with E-state index in [-0.39, 0.29) is 27.9 Å². The smallest absolute Gasteiger partial charge is 0.318 e. The van der Waals surface area contributed by atoms with Crippen molar-refractivity contribution in [2.24, 2.45) is 11.1 Å². The van der Waals surface area contributed by atoms with Crippen LogP contribution in [0.1, 0.15) is 95.2 Å². The molecule has 180 valence electrons. The first-order chi connectivity index (χ1) is 16.4. The monoisotopic (exact) mass is 462 g/mol. The number of fused-ring (bicyclic) bond motifs is 3. The first kappa shape index (κ1) is 24.1. The van der Waals surface area contributed by atoms with Crippen molar-refractivity contribution >= 4 is 17.4 Å². The number of nitrogens with zero attached hydrogens (tertiary/aromatic N) is 2. The van der Waals surface area contributed by atoms with Crippen LogP contribution in [0.3, 0.4) is 0 Å². The van der Waals surface area contributed by atoms with Gasteiger partial charge in [0.2, 0.25) is 0 Å². The Morgan fingerprint density at radius 1 is 1.03 bits per heavy atom. The fourth-order valence-electron chi connectivity index (χ4n) is 5.86. The second kappa shape index (κ2) is 10.1. The third kappa shape index (κ3) is 4.26. The number of carbonyl (C=O) groups excluding carboxylic acids is 1. The number of nitro benzene ring substituents is 1. The van der Waals surface area contributed by atoms with Gasteiger partial charge in [-0.3, -0.25) is 10.1 Å². The van der Waals surface area contributed by atoms with Crippen molar-refractivity contribution in [1.82, 2.24) is 0 Å². The van der Waals surface area contributed by atoms with E-state index in [0.29, 0.717) is 6.42 Å². The quantitative estimate of drug-likeness (QED) is 0.178. The molecule has 2 aliphatic carbocycles. The van der Waals surface area contributed by atoms with Gasteiger partial charge in [-0.1, -0.05) is 57.3 Å². The lowest BCUT2D eigenvalue weighted by atomic mass is 9.73. The van der Waals surface area contributed by atoms with Crippen LogP contribution in [0.4, 0.5) is 5.69 Å². The summed E-state index contributed by atoms with van der Waals surface area (Å²) in [5.74, 6) is -0.0307. The fraction of sp³-hybridized carbons (Fsp3) is 0.500. The molecule has 0 radical (unpaired) electrons. The van der Waals surface area contributed by atoms with Crippen LogP contribution in [0.15, 0.2) is 41.6 Å². The molecule has 0 heterocycles. The highest BCUT2D eigenvalue weighted by Gasteiger charge is 2.42. The van der Waals surface area contributed by atoms with Gasteiger partial charge in [-0.05, 0) is 72.1 Å². The van der Waals surface area contributed by atoms with Crippen LogP contribution in [-0.4, -0.2) is 16.6 Å². The summed E-state index contributed by atoms with van der Waals surface area (Å²) in [6.45, 7) is 6.25. The highest BCUT2D eigenvalue weighted by atomic mass is 16.7. The summed E-state index contributed by atoms with van der Waals surface area (Å²) >= 11 is 0. The van der Waals surface area contributed by atoms with Gasteiger partial charge in [0.15, 0.2) is 0 Å². The molecule has 2 aliphatic rings.